The van der Waals surface area contributed by atoms with Crippen LogP contribution in [0.3, 0.4) is 0 Å². The molecule has 1 atom stereocenters. The predicted molar refractivity (Wildman–Crippen MR) is 110 cm³/mol. The third kappa shape index (κ3) is 3.88. The summed E-state index contributed by atoms with van der Waals surface area (Å²) in [4.78, 5) is 32.4. The highest BCUT2D eigenvalue weighted by molar-refractivity contribution is 7.15. The Kier molecular flexibility index (Phi) is 5.32. The summed E-state index contributed by atoms with van der Waals surface area (Å²) in [6, 6.07) is 15.9. The zero-order valence-corrected chi connectivity index (χ0v) is 16.5. The van der Waals surface area contributed by atoms with Crippen LogP contribution in [-0.4, -0.2) is 29.8 Å². The molecule has 1 aliphatic rings. The first kappa shape index (κ1) is 18.5. The number of benzene rings is 2. The molecule has 5 nitrogen and oxygen atoms in total. The molecule has 142 valence electrons. The minimum Gasteiger partial charge on any atom is -0.330 e. The summed E-state index contributed by atoms with van der Waals surface area (Å²) in [5.41, 5.74) is 2.83. The molecule has 1 aliphatic heterocycles. The fourth-order valence-corrected chi connectivity index (χ4v) is 4.46. The van der Waals surface area contributed by atoms with Crippen LogP contribution in [0.1, 0.15) is 43.8 Å². The lowest BCUT2D eigenvalue weighted by Gasteiger charge is -2.20. The number of thiazole rings is 1. The van der Waals surface area contributed by atoms with Crippen LogP contribution in [-0.2, 0) is 13.0 Å². The summed E-state index contributed by atoms with van der Waals surface area (Å²) < 4.78 is 0. The Balaban J connectivity index is 1.44. The standard InChI is InChI=1S/C22H21N3O2S/c1-2-25-13-12-18-19(14-25)28-22(23-18)24-21(27)17-10-8-16(9-11-17)20(26)15-6-4-3-5-7-15/h3-11H,2,12-14H2,1H3,(H,23,24,27)/p+1. The van der Waals surface area contributed by atoms with Crippen molar-refractivity contribution < 1.29 is 14.5 Å². The Hall–Kier alpha value is -2.83. The van der Waals surface area contributed by atoms with Gasteiger partial charge in [-0.05, 0) is 19.1 Å². The topological polar surface area (TPSA) is 63.5 Å². The van der Waals surface area contributed by atoms with Crippen molar-refractivity contribution in [1.82, 2.24) is 4.98 Å². The molecule has 4 rings (SSSR count). The molecule has 28 heavy (non-hydrogen) atoms. The molecular formula is C22H22N3O2S+. The lowest BCUT2D eigenvalue weighted by Crippen LogP contribution is -3.11. The van der Waals surface area contributed by atoms with Crippen molar-refractivity contribution in [2.45, 2.75) is 19.9 Å². The van der Waals surface area contributed by atoms with E-state index < -0.39 is 0 Å². The molecule has 1 aromatic heterocycles. The number of fused-ring (bicyclic) bond motifs is 1. The van der Waals surface area contributed by atoms with E-state index in [4.69, 9.17) is 0 Å². The number of nitrogens with one attached hydrogen (secondary N) is 2. The Morgan fingerprint density at radius 3 is 2.43 bits per heavy atom. The van der Waals surface area contributed by atoms with E-state index in [0.29, 0.717) is 21.8 Å². The van der Waals surface area contributed by atoms with Gasteiger partial charge in [-0.1, -0.05) is 53.8 Å². The predicted octanol–water partition coefficient (Wildman–Crippen LogP) is 2.59. The van der Waals surface area contributed by atoms with Gasteiger partial charge in [0.15, 0.2) is 10.9 Å². The van der Waals surface area contributed by atoms with Crippen LogP contribution < -0.4 is 10.2 Å². The minimum atomic E-state index is -0.204. The molecule has 0 saturated carbocycles. The monoisotopic (exact) mass is 392 g/mol. The van der Waals surface area contributed by atoms with E-state index in [1.165, 1.54) is 4.88 Å². The fraction of sp³-hybridized carbons (Fsp3) is 0.227. The lowest BCUT2D eigenvalue weighted by atomic mass is 10.0. The third-order valence-corrected chi connectivity index (χ3v) is 6.08. The number of likely N-dealkylation sites (N-methyl/N-ethyl adjacent to an activating group) is 1. The highest BCUT2D eigenvalue weighted by Crippen LogP contribution is 2.24. The molecule has 0 saturated heterocycles. The number of anilines is 1. The van der Waals surface area contributed by atoms with Gasteiger partial charge in [-0.2, -0.15) is 0 Å². The smallest absolute Gasteiger partial charge is 0.257 e. The van der Waals surface area contributed by atoms with Gasteiger partial charge in [0, 0.05) is 23.1 Å². The molecule has 2 heterocycles. The summed E-state index contributed by atoms with van der Waals surface area (Å²) in [6.07, 6.45) is 0.959. The summed E-state index contributed by atoms with van der Waals surface area (Å²) in [6.45, 7) is 5.37. The van der Waals surface area contributed by atoms with Crippen LogP contribution in [0.25, 0.3) is 0 Å². The molecule has 0 spiro atoms. The number of carbonyl (C=O) groups is 2. The quantitative estimate of drug-likeness (QED) is 0.656. The van der Waals surface area contributed by atoms with Crippen molar-refractivity contribution in [3.63, 3.8) is 0 Å². The Labute approximate surface area is 168 Å². The van der Waals surface area contributed by atoms with Gasteiger partial charge >= 0.3 is 0 Å². The summed E-state index contributed by atoms with van der Waals surface area (Å²) in [7, 11) is 0. The van der Waals surface area contributed by atoms with E-state index in [0.717, 1.165) is 31.7 Å². The van der Waals surface area contributed by atoms with Crippen LogP contribution in [0, 0.1) is 0 Å². The van der Waals surface area contributed by atoms with Crippen LogP contribution >= 0.6 is 11.3 Å². The fourth-order valence-electron chi connectivity index (χ4n) is 3.38. The number of quaternary nitrogens is 1. The van der Waals surface area contributed by atoms with Crippen molar-refractivity contribution >= 4 is 28.2 Å². The van der Waals surface area contributed by atoms with Crippen molar-refractivity contribution in [2.75, 3.05) is 18.4 Å². The molecule has 1 amide bonds. The Morgan fingerprint density at radius 1 is 1.04 bits per heavy atom. The van der Waals surface area contributed by atoms with E-state index >= 15 is 0 Å². The van der Waals surface area contributed by atoms with E-state index in [9.17, 15) is 9.59 Å². The van der Waals surface area contributed by atoms with Gasteiger partial charge in [0.2, 0.25) is 0 Å². The van der Waals surface area contributed by atoms with Crippen LogP contribution in [0.4, 0.5) is 5.13 Å². The zero-order chi connectivity index (χ0) is 19.5. The second-order valence-electron chi connectivity index (χ2n) is 6.90. The van der Waals surface area contributed by atoms with Gasteiger partial charge in [-0.3, -0.25) is 14.9 Å². The number of hydrogen-bond acceptors (Lipinski definition) is 4. The van der Waals surface area contributed by atoms with Gasteiger partial charge < -0.3 is 4.90 Å². The number of hydrogen-bond donors (Lipinski definition) is 2. The van der Waals surface area contributed by atoms with Gasteiger partial charge in [-0.25, -0.2) is 4.98 Å². The maximum Gasteiger partial charge on any atom is 0.257 e. The zero-order valence-electron chi connectivity index (χ0n) is 15.7. The van der Waals surface area contributed by atoms with Crippen molar-refractivity contribution in [2.24, 2.45) is 0 Å². The van der Waals surface area contributed by atoms with Gasteiger partial charge in [-0.15, -0.1) is 0 Å². The van der Waals surface area contributed by atoms with Crippen LogP contribution in [0.15, 0.2) is 54.6 Å². The number of aromatic nitrogens is 1. The van der Waals surface area contributed by atoms with Gasteiger partial charge in [0.05, 0.1) is 23.7 Å². The normalized spacial score (nSPS) is 15.7. The van der Waals surface area contributed by atoms with E-state index in [2.05, 4.69) is 17.2 Å². The van der Waals surface area contributed by atoms with E-state index in [-0.39, 0.29) is 11.7 Å². The van der Waals surface area contributed by atoms with Crippen LogP contribution in [0.2, 0.25) is 0 Å². The number of nitrogens with zero attached hydrogens (tertiary/aromatic N) is 1. The molecule has 0 fully saturated rings. The Morgan fingerprint density at radius 2 is 1.71 bits per heavy atom. The molecule has 2 aromatic carbocycles. The van der Waals surface area contributed by atoms with Crippen molar-refractivity contribution in [3.05, 3.63) is 81.9 Å². The molecule has 6 heteroatoms. The number of carbonyl (C=O) groups excluding carboxylic acids is 2. The summed E-state index contributed by atoms with van der Waals surface area (Å²) >= 11 is 1.56. The Bertz CT molecular complexity index is 996. The number of ketones is 1. The highest BCUT2D eigenvalue weighted by atomic mass is 32.1. The molecular weight excluding hydrogens is 370 g/mol. The first-order valence-electron chi connectivity index (χ1n) is 9.47. The highest BCUT2D eigenvalue weighted by Gasteiger charge is 2.23. The van der Waals surface area contributed by atoms with Crippen molar-refractivity contribution in [1.29, 1.82) is 0 Å². The average molecular weight is 393 g/mol. The second kappa shape index (κ2) is 8.04. The third-order valence-electron chi connectivity index (χ3n) is 5.07. The van der Waals surface area contributed by atoms with Crippen LogP contribution in [0.5, 0.6) is 0 Å². The molecule has 2 N–H and O–H groups in total. The number of rotatable bonds is 5. The summed E-state index contributed by atoms with van der Waals surface area (Å²) in [5, 5.41) is 3.55. The second-order valence-corrected chi connectivity index (χ2v) is 7.98. The molecule has 1 unspecified atom stereocenters. The SMILES string of the molecule is CC[NH+]1CCc2nc(NC(=O)c3ccc(C(=O)c4ccccc4)cc3)sc2C1. The first-order valence-corrected chi connectivity index (χ1v) is 10.3. The molecule has 0 aliphatic carbocycles. The largest absolute Gasteiger partial charge is 0.330 e. The summed E-state index contributed by atoms with van der Waals surface area (Å²) in [5.74, 6) is -0.257. The lowest BCUT2D eigenvalue weighted by molar-refractivity contribution is -0.913. The molecule has 3 aromatic rings. The average Bonchev–Trinajstić information content (AvgIpc) is 3.15. The van der Waals surface area contributed by atoms with E-state index in [1.807, 2.05) is 18.2 Å². The maximum absolute atomic E-state index is 12.6. The maximum atomic E-state index is 12.6. The molecule has 0 bridgehead atoms. The minimum absolute atomic E-state index is 0.0527. The molecule has 0 radical (unpaired) electrons. The van der Waals surface area contributed by atoms with E-state index in [1.54, 1.807) is 52.6 Å². The van der Waals surface area contributed by atoms with Gasteiger partial charge in [0.1, 0.15) is 6.54 Å². The number of amides is 1. The van der Waals surface area contributed by atoms with Crippen molar-refractivity contribution in [3.8, 4) is 0 Å². The first-order chi connectivity index (χ1) is 13.6. The van der Waals surface area contributed by atoms with Gasteiger partial charge in [0.25, 0.3) is 5.91 Å².